The summed E-state index contributed by atoms with van der Waals surface area (Å²) in [5, 5.41) is 4.28. The number of primary amides is 1. The summed E-state index contributed by atoms with van der Waals surface area (Å²) in [5.74, 6) is -0.804. The van der Waals surface area contributed by atoms with Crippen LogP contribution < -0.4 is 11.2 Å². The van der Waals surface area contributed by atoms with Crippen molar-refractivity contribution in [3.63, 3.8) is 0 Å². The largest absolute Gasteiger partial charge is 0.364 e. The van der Waals surface area contributed by atoms with Crippen molar-refractivity contribution >= 4 is 16.8 Å². The summed E-state index contributed by atoms with van der Waals surface area (Å²) in [7, 11) is 1.66. The fraction of sp³-hybridized carbons (Fsp3) is 0.100. The van der Waals surface area contributed by atoms with Crippen molar-refractivity contribution in [3.05, 3.63) is 40.2 Å². The molecule has 0 unspecified atom stereocenters. The van der Waals surface area contributed by atoms with Gasteiger partial charge in [0.25, 0.3) is 5.91 Å². The maximum Gasteiger partial charge on any atom is 0.273 e. The van der Waals surface area contributed by atoms with Crippen molar-refractivity contribution in [1.82, 2.24) is 9.78 Å². The van der Waals surface area contributed by atoms with Crippen LogP contribution in [0.3, 0.4) is 0 Å². The summed E-state index contributed by atoms with van der Waals surface area (Å²) in [4.78, 5) is 22.7. The highest BCUT2D eigenvalue weighted by atomic mass is 16.2. The van der Waals surface area contributed by atoms with Crippen LogP contribution in [0.2, 0.25) is 0 Å². The number of benzene rings is 1. The van der Waals surface area contributed by atoms with Gasteiger partial charge >= 0.3 is 0 Å². The van der Waals surface area contributed by atoms with Crippen molar-refractivity contribution in [2.24, 2.45) is 12.8 Å². The van der Waals surface area contributed by atoms with Gasteiger partial charge in [-0.2, -0.15) is 5.10 Å². The molecule has 1 heterocycles. The van der Waals surface area contributed by atoms with Gasteiger partial charge in [0.2, 0.25) is 5.43 Å². The Balaban J connectivity index is 2.97. The second-order valence-corrected chi connectivity index (χ2v) is 3.18. The summed E-state index contributed by atoms with van der Waals surface area (Å²) in [6.07, 6.45) is 0. The molecule has 1 aromatic heterocycles. The second-order valence-electron chi connectivity index (χ2n) is 3.18. The Labute approximate surface area is 85.1 Å². The minimum atomic E-state index is -0.804. The van der Waals surface area contributed by atoms with Gasteiger partial charge in [0.1, 0.15) is 0 Å². The Morgan fingerprint density at radius 2 is 2.07 bits per heavy atom. The van der Waals surface area contributed by atoms with Crippen molar-refractivity contribution < 1.29 is 4.79 Å². The number of hydrogen-bond donors (Lipinski definition) is 1. The van der Waals surface area contributed by atoms with E-state index < -0.39 is 11.3 Å². The molecule has 0 saturated carbocycles. The van der Waals surface area contributed by atoms with Gasteiger partial charge in [-0.25, -0.2) is 0 Å². The van der Waals surface area contributed by atoms with E-state index in [1.54, 1.807) is 31.3 Å². The first-order chi connectivity index (χ1) is 7.11. The Hall–Kier alpha value is -2.17. The first-order valence-corrected chi connectivity index (χ1v) is 4.37. The van der Waals surface area contributed by atoms with Crippen molar-refractivity contribution in [2.75, 3.05) is 0 Å². The van der Waals surface area contributed by atoms with Crippen LogP contribution in [0.1, 0.15) is 10.5 Å². The smallest absolute Gasteiger partial charge is 0.273 e. The number of carbonyl (C=O) groups excluding carboxylic acids is 1. The van der Waals surface area contributed by atoms with Crippen LogP contribution in [-0.2, 0) is 7.05 Å². The zero-order valence-electron chi connectivity index (χ0n) is 8.10. The monoisotopic (exact) mass is 203 g/mol. The molecule has 2 aromatic rings. The number of nitrogens with zero attached hydrogens (tertiary/aromatic N) is 2. The zero-order chi connectivity index (χ0) is 11.0. The molecule has 0 bridgehead atoms. The number of para-hydroxylation sites is 1. The normalized spacial score (nSPS) is 10.5. The quantitative estimate of drug-likeness (QED) is 0.710. The van der Waals surface area contributed by atoms with Gasteiger partial charge in [0.15, 0.2) is 5.69 Å². The maximum atomic E-state index is 11.7. The van der Waals surface area contributed by atoms with Gasteiger partial charge in [0, 0.05) is 12.4 Å². The van der Waals surface area contributed by atoms with E-state index >= 15 is 0 Å². The second kappa shape index (κ2) is 3.20. The van der Waals surface area contributed by atoms with Gasteiger partial charge < -0.3 is 5.73 Å². The Morgan fingerprint density at radius 1 is 1.40 bits per heavy atom. The lowest BCUT2D eigenvalue weighted by Gasteiger charge is -2.04. The molecule has 2 N–H and O–H groups in total. The molecule has 15 heavy (non-hydrogen) atoms. The summed E-state index contributed by atoms with van der Waals surface area (Å²) >= 11 is 0. The summed E-state index contributed by atoms with van der Waals surface area (Å²) in [6.45, 7) is 0. The number of hydrogen-bond acceptors (Lipinski definition) is 3. The summed E-state index contributed by atoms with van der Waals surface area (Å²) in [6, 6.07) is 6.93. The first kappa shape index (κ1) is 9.39. The van der Waals surface area contributed by atoms with E-state index in [0.717, 1.165) is 0 Å². The molecule has 1 aromatic carbocycles. The molecule has 76 valence electrons. The predicted molar refractivity (Wildman–Crippen MR) is 55.5 cm³/mol. The lowest BCUT2D eigenvalue weighted by Crippen LogP contribution is -2.26. The van der Waals surface area contributed by atoms with Crippen LogP contribution in [0.15, 0.2) is 29.1 Å². The minimum Gasteiger partial charge on any atom is -0.364 e. The van der Waals surface area contributed by atoms with E-state index in [4.69, 9.17) is 5.73 Å². The minimum absolute atomic E-state index is 0.226. The molecule has 1 amide bonds. The number of amides is 1. The van der Waals surface area contributed by atoms with Crippen LogP contribution in [0.25, 0.3) is 10.9 Å². The standard InChI is InChI=1S/C10H9N3O2/c1-13-7-5-3-2-4-6(7)9(14)8(12-13)10(11)15/h2-5H,1H3,(H2,11,15). The van der Waals surface area contributed by atoms with Crippen LogP contribution in [0, 0.1) is 0 Å². The fourth-order valence-electron chi connectivity index (χ4n) is 1.49. The van der Waals surface area contributed by atoms with Crippen molar-refractivity contribution in [1.29, 1.82) is 0 Å². The van der Waals surface area contributed by atoms with Gasteiger partial charge in [0.05, 0.1) is 5.52 Å². The molecular weight excluding hydrogens is 194 g/mol. The predicted octanol–water partition coefficient (Wildman–Crippen LogP) is 0.0324. The number of aryl methyl sites for hydroxylation is 1. The highest BCUT2D eigenvalue weighted by Gasteiger charge is 2.12. The van der Waals surface area contributed by atoms with Gasteiger partial charge in [-0.15, -0.1) is 0 Å². The van der Waals surface area contributed by atoms with Crippen LogP contribution in [-0.4, -0.2) is 15.7 Å². The number of carbonyl (C=O) groups is 1. The molecule has 5 heteroatoms. The molecular formula is C10H9N3O2. The lowest BCUT2D eigenvalue weighted by atomic mass is 10.2. The highest BCUT2D eigenvalue weighted by Crippen LogP contribution is 2.07. The van der Waals surface area contributed by atoms with E-state index in [0.29, 0.717) is 10.9 Å². The molecule has 0 radical (unpaired) electrons. The van der Waals surface area contributed by atoms with Crippen molar-refractivity contribution in [2.45, 2.75) is 0 Å². The van der Waals surface area contributed by atoms with E-state index in [1.807, 2.05) is 0 Å². The topological polar surface area (TPSA) is 78.0 Å². The molecule has 0 spiro atoms. The Bertz CT molecular complexity index is 601. The Morgan fingerprint density at radius 3 is 2.73 bits per heavy atom. The average Bonchev–Trinajstić information content (AvgIpc) is 2.23. The van der Waals surface area contributed by atoms with Crippen LogP contribution in [0.4, 0.5) is 0 Å². The number of nitrogens with two attached hydrogens (primary N) is 1. The molecule has 0 aliphatic carbocycles. The van der Waals surface area contributed by atoms with Gasteiger partial charge in [-0.05, 0) is 12.1 Å². The Kier molecular flexibility index (Phi) is 2.00. The van der Waals surface area contributed by atoms with Crippen molar-refractivity contribution in [3.8, 4) is 0 Å². The third-order valence-corrected chi connectivity index (χ3v) is 2.20. The third kappa shape index (κ3) is 1.38. The third-order valence-electron chi connectivity index (χ3n) is 2.20. The number of rotatable bonds is 1. The molecule has 0 atom stereocenters. The SMILES string of the molecule is Cn1nc(C(N)=O)c(=O)c2ccccc21. The van der Waals surface area contributed by atoms with Gasteiger partial charge in [-0.1, -0.05) is 12.1 Å². The lowest BCUT2D eigenvalue weighted by molar-refractivity contribution is 0.0993. The van der Waals surface area contributed by atoms with Crippen LogP contribution >= 0.6 is 0 Å². The van der Waals surface area contributed by atoms with E-state index in [9.17, 15) is 9.59 Å². The van der Waals surface area contributed by atoms with Gasteiger partial charge in [-0.3, -0.25) is 14.3 Å². The highest BCUT2D eigenvalue weighted by molar-refractivity contribution is 5.94. The summed E-state index contributed by atoms with van der Waals surface area (Å²) in [5.41, 5.74) is 5.09. The molecule has 5 nitrogen and oxygen atoms in total. The molecule has 2 rings (SSSR count). The first-order valence-electron chi connectivity index (χ1n) is 4.37. The molecule has 0 aliphatic heterocycles. The molecule has 0 fully saturated rings. The van der Waals surface area contributed by atoms with Crippen LogP contribution in [0.5, 0.6) is 0 Å². The average molecular weight is 203 g/mol. The maximum absolute atomic E-state index is 11.7. The number of aromatic nitrogens is 2. The zero-order valence-corrected chi connectivity index (χ0v) is 8.10. The van der Waals surface area contributed by atoms with E-state index in [-0.39, 0.29) is 5.69 Å². The fourth-order valence-corrected chi connectivity index (χ4v) is 1.49. The molecule has 0 aliphatic rings. The number of fused-ring (bicyclic) bond motifs is 1. The molecule has 0 saturated heterocycles. The van der Waals surface area contributed by atoms with E-state index in [1.165, 1.54) is 4.68 Å². The van der Waals surface area contributed by atoms with E-state index in [2.05, 4.69) is 5.10 Å². The summed E-state index contributed by atoms with van der Waals surface area (Å²) < 4.78 is 1.47.